The van der Waals surface area contributed by atoms with Gasteiger partial charge in [0.15, 0.2) is 5.88 Å². The highest BCUT2D eigenvalue weighted by Crippen LogP contribution is 2.32. The second kappa shape index (κ2) is 11.0. The van der Waals surface area contributed by atoms with Crippen molar-refractivity contribution < 1.29 is 19.4 Å². The number of nitrogens with zero attached hydrogens (tertiary/aromatic N) is 4. The molecule has 4 aromatic rings. The van der Waals surface area contributed by atoms with Crippen molar-refractivity contribution in [3.05, 3.63) is 89.2 Å². The molecule has 0 aliphatic rings. The maximum absolute atomic E-state index is 12.8. The molecule has 0 bridgehead atoms. The first kappa shape index (κ1) is 25.6. The zero-order valence-electron chi connectivity index (χ0n) is 21.2. The van der Waals surface area contributed by atoms with Gasteiger partial charge in [-0.25, -0.2) is 9.79 Å². The highest BCUT2D eigenvalue weighted by atomic mass is 16.5. The first-order chi connectivity index (χ1) is 17.8. The van der Waals surface area contributed by atoms with E-state index in [1.54, 1.807) is 78.9 Å². The second-order valence-electron chi connectivity index (χ2n) is 8.87. The van der Waals surface area contributed by atoms with Crippen molar-refractivity contribution in [2.45, 2.75) is 0 Å². The Kier molecular flexibility index (Phi) is 7.64. The molecule has 0 aliphatic heterocycles. The van der Waals surface area contributed by atoms with Crippen LogP contribution >= 0.6 is 0 Å². The maximum atomic E-state index is 12.8. The number of ether oxygens (including phenoxy) is 1. The molecule has 2 aromatic carbocycles. The Morgan fingerprint density at radius 2 is 1.62 bits per heavy atom. The van der Waals surface area contributed by atoms with Crippen LogP contribution in [-0.2, 0) is 4.74 Å². The van der Waals surface area contributed by atoms with E-state index in [2.05, 4.69) is 9.97 Å². The fourth-order valence-electron chi connectivity index (χ4n) is 3.92. The number of hydrogen-bond acceptors (Lipinski definition) is 7. The second-order valence-corrected chi connectivity index (χ2v) is 8.87. The molecule has 0 saturated carbocycles. The SMILES string of the molecule is COC(=O)c1ccc2c(C(=Nc3ccc(C(=O)N(C)CCN(C)C)cc3)c3ccncc3)c(O)[nH]c2c1. The molecule has 1 amide bonds. The number of benzene rings is 2. The van der Waals surface area contributed by atoms with Gasteiger partial charge in [-0.2, -0.15) is 0 Å². The summed E-state index contributed by atoms with van der Waals surface area (Å²) in [6.45, 7) is 1.39. The molecule has 0 aliphatic carbocycles. The topological polar surface area (TPSA) is 111 Å². The van der Waals surface area contributed by atoms with Crippen molar-refractivity contribution in [1.82, 2.24) is 19.8 Å². The minimum Gasteiger partial charge on any atom is -0.494 e. The fraction of sp³-hybridized carbons (Fsp3) is 0.214. The normalized spacial score (nSPS) is 11.6. The number of H-pyrrole nitrogens is 1. The number of aromatic nitrogens is 2. The van der Waals surface area contributed by atoms with Crippen LogP contribution in [0.1, 0.15) is 31.8 Å². The predicted octanol–water partition coefficient (Wildman–Crippen LogP) is 3.86. The van der Waals surface area contributed by atoms with Gasteiger partial charge in [0.1, 0.15) is 0 Å². The Morgan fingerprint density at radius 1 is 0.946 bits per heavy atom. The van der Waals surface area contributed by atoms with Crippen LogP contribution in [0.2, 0.25) is 0 Å². The van der Waals surface area contributed by atoms with Crippen LogP contribution in [0.5, 0.6) is 5.88 Å². The van der Waals surface area contributed by atoms with Gasteiger partial charge in [0, 0.05) is 54.6 Å². The molecule has 0 fully saturated rings. The van der Waals surface area contributed by atoms with Gasteiger partial charge < -0.3 is 24.6 Å². The number of methoxy groups -OCH3 is 1. The smallest absolute Gasteiger partial charge is 0.337 e. The largest absolute Gasteiger partial charge is 0.494 e. The molecule has 0 saturated heterocycles. The summed E-state index contributed by atoms with van der Waals surface area (Å²) in [6, 6.07) is 15.7. The number of esters is 1. The van der Waals surface area contributed by atoms with Crippen molar-refractivity contribution in [3.63, 3.8) is 0 Å². The van der Waals surface area contributed by atoms with Crippen molar-refractivity contribution in [1.29, 1.82) is 0 Å². The van der Waals surface area contributed by atoms with E-state index in [0.717, 1.165) is 12.1 Å². The monoisotopic (exact) mass is 499 g/mol. The number of amides is 1. The van der Waals surface area contributed by atoms with Gasteiger partial charge in [0.2, 0.25) is 0 Å². The summed E-state index contributed by atoms with van der Waals surface area (Å²) in [7, 11) is 7.04. The number of rotatable bonds is 8. The van der Waals surface area contributed by atoms with E-state index in [-0.39, 0.29) is 11.8 Å². The van der Waals surface area contributed by atoms with Gasteiger partial charge >= 0.3 is 5.97 Å². The Labute approximate surface area is 215 Å². The molecule has 0 unspecified atom stereocenters. The first-order valence-corrected chi connectivity index (χ1v) is 11.7. The van der Waals surface area contributed by atoms with Gasteiger partial charge in [-0.15, -0.1) is 0 Å². The molecule has 0 spiro atoms. The lowest BCUT2D eigenvalue weighted by Crippen LogP contribution is -2.33. The summed E-state index contributed by atoms with van der Waals surface area (Å²) < 4.78 is 4.81. The van der Waals surface area contributed by atoms with E-state index in [0.29, 0.717) is 45.5 Å². The summed E-state index contributed by atoms with van der Waals surface area (Å²) in [6.07, 6.45) is 3.30. The maximum Gasteiger partial charge on any atom is 0.337 e. The lowest BCUT2D eigenvalue weighted by Gasteiger charge is -2.19. The van der Waals surface area contributed by atoms with Crippen LogP contribution in [0, 0.1) is 0 Å². The Morgan fingerprint density at radius 3 is 2.27 bits per heavy atom. The summed E-state index contributed by atoms with van der Waals surface area (Å²) in [4.78, 5) is 40.3. The van der Waals surface area contributed by atoms with E-state index in [1.165, 1.54) is 7.11 Å². The van der Waals surface area contributed by atoms with E-state index >= 15 is 0 Å². The quantitative estimate of drug-likeness (QED) is 0.281. The van der Waals surface area contributed by atoms with Crippen molar-refractivity contribution >= 4 is 34.2 Å². The molecule has 9 heteroatoms. The number of fused-ring (bicyclic) bond motifs is 1. The minimum atomic E-state index is -0.470. The molecule has 2 aromatic heterocycles. The number of aromatic amines is 1. The van der Waals surface area contributed by atoms with Gasteiger partial charge in [-0.1, -0.05) is 6.07 Å². The average Bonchev–Trinajstić information content (AvgIpc) is 3.24. The zero-order chi connectivity index (χ0) is 26.5. The van der Waals surface area contributed by atoms with Gasteiger partial charge in [0.25, 0.3) is 5.91 Å². The third-order valence-corrected chi connectivity index (χ3v) is 5.97. The van der Waals surface area contributed by atoms with Gasteiger partial charge in [-0.3, -0.25) is 9.78 Å². The van der Waals surface area contributed by atoms with Crippen LogP contribution < -0.4 is 0 Å². The Balaban J connectivity index is 1.73. The fourth-order valence-corrected chi connectivity index (χ4v) is 3.92. The molecular weight excluding hydrogens is 470 g/mol. The molecule has 9 nitrogen and oxygen atoms in total. The number of pyridine rings is 1. The predicted molar refractivity (Wildman–Crippen MR) is 143 cm³/mol. The van der Waals surface area contributed by atoms with Crippen LogP contribution in [0.3, 0.4) is 0 Å². The van der Waals surface area contributed by atoms with Crippen LogP contribution in [0.4, 0.5) is 5.69 Å². The summed E-state index contributed by atoms with van der Waals surface area (Å²) >= 11 is 0. The van der Waals surface area contributed by atoms with Gasteiger partial charge in [-0.05, 0) is 62.6 Å². The molecule has 0 radical (unpaired) electrons. The van der Waals surface area contributed by atoms with Crippen molar-refractivity contribution in [2.24, 2.45) is 4.99 Å². The highest BCUT2D eigenvalue weighted by Gasteiger charge is 2.20. The standard InChI is InChI=1S/C28H29N5O4/c1-32(2)15-16-33(3)27(35)19-5-8-21(9-6-19)30-25(18-11-13-29-14-12-18)24-22-10-7-20(28(36)37-4)17-23(22)31-26(24)34/h5-14,17,31,34H,15-16H2,1-4H3. The van der Waals surface area contributed by atoms with Crippen LogP contribution in [-0.4, -0.2) is 83.8 Å². The van der Waals surface area contributed by atoms with E-state index in [4.69, 9.17) is 9.73 Å². The van der Waals surface area contributed by atoms with E-state index < -0.39 is 5.97 Å². The summed E-state index contributed by atoms with van der Waals surface area (Å²) in [5, 5.41) is 11.6. The number of carbonyl (C=O) groups excluding carboxylic acids is 2. The van der Waals surface area contributed by atoms with Crippen LogP contribution in [0.15, 0.2) is 72.0 Å². The third kappa shape index (κ3) is 5.68. The minimum absolute atomic E-state index is 0.0672. The molecule has 2 N–H and O–H groups in total. The number of aromatic hydroxyl groups is 1. The Bertz CT molecular complexity index is 1440. The molecular formula is C28H29N5O4. The average molecular weight is 500 g/mol. The third-order valence-electron chi connectivity index (χ3n) is 5.97. The zero-order valence-corrected chi connectivity index (χ0v) is 21.2. The lowest BCUT2D eigenvalue weighted by atomic mass is 10.0. The summed E-state index contributed by atoms with van der Waals surface area (Å²) in [5.74, 6) is -0.619. The number of likely N-dealkylation sites (N-methyl/N-ethyl adjacent to an activating group) is 2. The molecule has 4 rings (SSSR count). The van der Waals surface area contributed by atoms with Crippen molar-refractivity contribution in [2.75, 3.05) is 41.3 Å². The number of carbonyl (C=O) groups is 2. The Hall–Kier alpha value is -4.50. The van der Waals surface area contributed by atoms with Gasteiger partial charge in [0.05, 0.1) is 29.6 Å². The van der Waals surface area contributed by atoms with E-state index in [9.17, 15) is 14.7 Å². The molecule has 0 atom stereocenters. The lowest BCUT2D eigenvalue weighted by molar-refractivity contribution is 0.0600. The van der Waals surface area contributed by atoms with E-state index in [1.807, 2.05) is 19.0 Å². The highest BCUT2D eigenvalue weighted by molar-refractivity contribution is 6.22. The number of nitrogens with one attached hydrogen (secondary N) is 1. The van der Waals surface area contributed by atoms with Crippen LogP contribution in [0.25, 0.3) is 10.9 Å². The molecule has 190 valence electrons. The number of aliphatic imine (C=N–C) groups is 1. The summed E-state index contributed by atoms with van der Waals surface area (Å²) in [5.41, 5.74) is 3.85. The molecule has 37 heavy (non-hydrogen) atoms. The molecule has 2 heterocycles. The first-order valence-electron chi connectivity index (χ1n) is 11.7. The van der Waals surface area contributed by atoms with Crippen molar-refractivity contribution in [3.8, 4) is 5.88 Å². The number of hydrogen-bond donors (Lipinski definition) is 2.